The first-order chi connectivity index (χ1) is 7.54. The highest BCUT2D eigenvalue weighted by molar-refractivity contribution is 9.10. The smallest absolute Gasteiger partial charge is 0.253 e. The average molecular weight is 285 g/mol. The molecule has 0 heterocycles. The van der Waals surface area contributed by atoms with Crippen molar-refractivity contribution in [1.82, 2.24) is 5.32 Å². The standard InChI is InChI=1S/C12H17BrN2O/c1-3-4-8(2)15-12(16)10-7-9(13)5-6-11(10)14/h5-8H,3-4,14H2,1-2H3,(H,15,16). The van der Waals surface area contributed by atoms with E-state index in [4.69, 9.17) is 5.73 Å². The number of halogens is 1. The summed E-state index contributed by atoms with van der Waals surface area (Å²) < 4.78 is 0.856. The fraction of sp³-hybridized carbons (Fsp3) is 0.417. The van der Waals surface area contributed by atoms with Gasteiger partial charge in [0, 0.05) is 16.2 Å². The number of amides is 1. The molecule has 0 saturated carbocycles. The SMILES string of the molecule is CCCC(C)NC(=O)c1cc(Br)ccc1N. The number of benzene rings is 1. The predicted molar refractivity (Wildman–Crippen MR) is 70.4 cm³/mol. The number of nitrogens with two attached hydrogens (primary N) is 1. The summed E-state index contributed by atoms with van der Waals surface area (Å²) in [6, 6.07) is 5.46. The molecule has 1 aromatic rings. The monoisotopic (exact) mass is 284 g/mol. The van der Waals surface area contributed by atoms with E-state index in [-0.39, 0.29) is 11.9 Å². The van der Waals surface area contributed by atoms with Gasteiger partial charge < -0.3 is 11.1 Å². The van der Waals surface area contributed by atoms with E-state index in [2.05, 4.69) is 28.2 Å². The second kappa shape index (κ2) is 5.89. The highest BCUT2D eigenvalue weighted by Gasteiger charge is 2.12. The molecule has 1 amide bonds. The first-order valence-electron chi connectivity index (χ1n) is 5.40. The molecule has 0 bridgehead atoms. The summed E-state index contributed by atoms with van der Waals surface area (Å²) in [6.07, 6.45) is 2.02. The topological polar surface area (TPSA) is 55.1 Å². The molecule has 1 unspecified atom stereocenters. The molecule has 1 rings (SSSR count). The van der Waals surface area contributed by atoms with E-state index in [1.165, 1.54) is 0 Å². The molecule has 3 N–H and O–H groups in total. The number of rotatable bonds is 4. The molecule has 0 aliphatic carbocycles. The maximum Gasteiger partial charge on any atom is 0.253 e. The number of nitrogen functional groups attached to an aromatic ring is 1. The van der Waals surface area contributed by atoms with Gasteiger partial charge in [0.2, 0.25) is 0 Å². The molecule has 16 heavy (non-hydrogen) atoms. The lowest BCUT2D eigenvalue weighted by Gasteiger charge is -2.13. The number of hydrogen-bond acceptors (Lipinski definition) is 2. The summed E-state index contributed by atoms with van der Waals surface area (Å²) >= 11 is 3.33. The lowest BCUT2D eigenvalue weighted by Crippen LogP contribution is -2.32. The van der Waals surface area contributed by atoms with Gasteiger partial charge in [-0.3, -0.25) is 4.79 Å². The van der Waals surface area contributed by atoms with Crippen LogP contribution in [0, 0.1) is 0 Å². The van der Waals surface area contributed by atoms with Crippen molar-refractivity contribution >= 4 is 27.5 Å². The molecule has 0 aromatic heterocycles. The normalized spacial score (nSPS) is 12.2. The summed E-state index contributed by atoms with van der Waals surface area (Å²) in [4.78, 5) is 11.9. The Hall–Kier alpha value is -1.03. The summed E-state index contributed by atoms with van der Waals surface area (Å²) in [5.74, 6) is -0.111. The lowest BCUT2D eigenvalue weighted by atomic mass is 10.1. The number of hydrogen-bond donors (Lipinski definition) is 2. The Morgan fingerprint density at radius 3 is 2.88 bits per heavy atom. The number of nitrogens with one attached hydrogen (secondary N) is 1. The first kappa shape index (κ1) is 13.0. The Balaban J connectivity index is 2.76. The van der Waals surface area contributed by atoms with Crippen LogP contribution in [-0.4, -0.2) is 11.9 Å². The third kappa shape index (κ3) is 3.52. The van der Waals surface area contributed by atoms with Crippen molar-refractivity contribution in [2.75, 3.05) is 5.73 Å². The fourth-order valence-electron chi connectivity index (χ4n) is 1.53. The van der Waals surface area contributed by atoms with Crippen molar-refractivity contribution in [2.45, 2.75) is 32.7 Å². The molecule has 1 aromatic carbocycles. The van der Waals surface area contributed by atoms with E-state index in [1.807, 2.05) is 13.0 Å². The van der Waals surface area contributed by atoms with Gasteiger partial charge in [0.25, 0.3) is 5.91 Å². The van der Waals surface area contributed by atoms with Crippen LogP contribution in [0.4, 0.5) is 5.69 Å². The molecule has 0 radical (unpaired) electrons. The minimum Gasteiger partial charge on any atom is -0.398 e. The zero-order valence-electron chi connectivity index (χ0n) is 9.59. The first-order valence-corrected chi connectivity index (χ1v) is 6.19. The quantitative estimate of drug-likeness (QED) is 0.836. The van der Waals surface area contributed by atoms with Crippen LogP contribution in [0.1, 0.15) is 37.0 Å². The molecular weight excluding hydrogens is 268 g/mol. The van der Waals surface area contributed by atoms with Crippen molar-refractivity contribution in [3.8, 4) is 0 Å². The van der Waals surface area contributed by atoms with Gasteiger partial charge in [0.05, 0.1) is 5.56 Å². The van der Waals surface area contributed by atoms with Crippen molar-refractivity contribution in [2.24, 2.45) is 0 Å². The fourth-order valence-corrected chi connectivity index (χ4v) is 1.89. The molecular formula is C12H17BrN2O. The van der Waals surface area contributed by atoms with Crippen molar-refractivity contribution in [3.05, 3.63) is 28.2 Å². The summed E-state index contributed by atoms with van der Waals surface area (Å²) in [7, 11) is 0. The van der Waals surface area contributed by atoms with Gasteiger partial charge in [0.15, 0.2) is 0 Å². The largest absolute Gasteiger partial charge is 0.398 e. The Bertz CT molecular complexity index is 379. The highest BCUT2D eigenvalue weighted by Crippen LogP contribution is 2.18. The molecule has 0 fully saturated rings. The molecule has 0 aliphatic rings. The van der Waals surface area contributed by atoms with Crippen LogP contribution < -0.4 is 11.1 Å². The van der Waals surface area contributed by atoms with Gasteiger partial charge in [-0.2, -0.15) is 0 Å². The van der Waals surface area contributed by atoms with Crippen LogP contribution >= 0.6 is 15.9 Å². The highest BCUT2D eigenvalue weighted by atomic mass is 79.9. The molecule has 88 valence electrons. The summed E-state index contributed by atoms with van der Waals surface area (Å²) in [5.41, 5.74) is 6.79. The third-order valence-corrected chi connectivity index (χ3v) is 2.85. The van der Waals surface area contributed by atoms with E-state index >= 15 is 0 Å². The maximum atomic E-state index is 11.9. The van der Waals surface area contributed by atoms with Gasteiger partial charge in [-0.1, -0.05) is 29.3 Å². The van der Waals surface area contributed by atoms with E-state index in [0.717, 1.165) is 17.3 Å². The summed E-state index contributed by atoms with van der Waals surface area (Å²) in [6.45, 7) is 4.09. The van der Waals surface area contributed by atoms with E-state index in [1.54, 1.807) is 12.1 Å². The minimum atomic E-state index is -0.111. The van der Waals surface area contributed by atoms with Crippen LogP contribution in [0.15, 0.2) is 22.7 Å². The summed E-state index contributed by atoms with van der Waals surface area (Å²) in [5, 5.41) is 2.93. The van der Waals surface area contributed by atoms with Crippen LogP contribution in [0.5, 0.6) is 0 Å². The van der Waals surface area contributed by atoms with Gasteiger partial charge in [0.1, 0.15) is 0 Å². The predicted octanol–water partition coefficient (Wildman–Crippen LogP) is 2.95. The van der Waals surface area contributed by atoms with E-state index in [9.17, 15) is 4.79 Å². The van der Waals surface area contributed by atoms with Crippen molar-refractivity contribution in [3.63, 3.8) is 0 Å². The van der Waals surface area contributed by atoms with Crippen LogP contribution in [0.2, 0.25) is 0 Å². The Labute approximate surface area is 105 Å². The van der Waals surface area contributed by atoms with Gasteiger partial charge >= 0.3 is 0 Å². The number of anilines is 1. The molecule has 4 heteroatoms. The minimum absolute atomic E-state index is 0.111. The lowest BCUT2D eigenvalue weighted by molar-refractivity contribution is 0.0939. The average Bonchev–Trinajstić information content (AvgIpc) is 2.21. The number of carbonyl (C=O) groups is 1. The van der Waals surface area contributed by atoms with Gasteiger partial charge in [-0.05, 0) is 31.5 Å². The second-order valence-electron chi connectivity index (χ2n) is 3.89. The molecule has 0 spiro atoms. The number of carbonyl (C=O) groups excluding carboxylic acids is 1. The third-order valence-electron chi connectivity index (χ3n) is 2.36. The molecule has 3 nitrogen and oxygen atoms in total. The molecule has 0 saturated heterocycles. The zero-order chi connectivity index (χ0) is 12.1. The van der Waals surface area contributed by atoms with Crippen molar-refractivity contribution < 1.29 is 4.79 Å². The Morgan fingerprint density at radius 2 is 2.25 bits per heavy atom. The maximum absolute atomic E-state index is 11.9. The molecule has 0 aliphatic heterocycles. The van der Waals surface area contributed by atoms with E-state index in [0.29, 0.717) is 11.3 Å². The van der Waals surface area contributed by atoms with E-state index < -0.39 is 0 Å². The Kier molecular flexibility index (Phi) is 4.80. The van der Waals surface area contributed by atoms with Gasteiger partial charge in [-0.25, -0.2) is 0 Å². The van der Waals surface area contributed by atoms with Crippen molar-refractivity contribution in [1.29, 1.82) is 0 Å². The second-order valence-corrected chi connectivity index (χ2v) is 4.81. The Morgan fingerprint density at radius 1 is 1.56 bits per heavy atom. The van der Waals surface area contributed by atoms with Gasteiger partial charge in [-0.15, -0.1) is 0 Å². The van der Waals surface area contributed by atoms with Crippen LogP contribution in [0.25, 0.3) is 0 Å². The van der Waals surface area contributed by atoms with Crippen LogP contribution in [-0.2, 0) is 0 Å². The zero-order valence-corrected chi connectivity index (χ0v) is 11.2. The van der Waals surface area contributed by atoms with Crippen LogP contribution in [0.3, 0.4) is 0 Å². The molecule has 1 atom stereocenters.